The maximum absolute atomic E-state index is 12.6. The molecule has 0 aliphatic carbocycles. The highest BCUT2D eigenvalue weighted by Crippen LogP contribution is 2.36. The number of aromatic hydroxyl groups is 4. The molecule has 0 fully saturated rings. The predicted molar refractivity (Wildman–Crippen MR) is 129 cm³/mol. The van der Waals surface area contributed by atoms with Crippen molar-refractivity contribution in [3.05, 3.63) is 107 Å². The highest BCUT2D eigenvalue weighted by atomic mass is 16.3. The van der Waals surface area contributed by atoms with Crippen LogP contribution in [-0.2, 0) is 0 Å². The second-order valence-corrected chi connectivity index (χ2v) is 7.88. The fraction of sp³-hybridized carbons (Fsp3) is 0. The van der Waals surface area contributed by atoms with E-state index in [9.17, 15) is 39.6 Å². The Bertz CT molecular complexity index is 1430. The quantitative estimate of drug-likeness (QED) is 0.225. The van der Waals surface area contributed by atoms with Gasteiger partial charge in [-0.2, -0.15) is 0 Å². The van der Waals surface area contributed by atoms with Crippen LogP contribution in [0, 0.1) is 0 Å². The number of phenols is 4. The van der Waals surface area contributed by atoms with Crippen LogP contribution in [0.1, 0.15) is 41.4 Å². The first kappa shape index (κ1) is 23.9. The van der Waals surface area contributed by atoms with E-state index < -0.39 is 34.6 Å². The molecular weight excluding hydrogens is 464 g/mol. The Labute approximate surface area is 204 Å². The molecule has 4 aromatic carbocycles. The van der Waals surface area contributed by atoms with Crippen molar-refractivity contribution in [3.8, 4) is 34.1 Å². The Morgan fingerprint density at radius 1 is 0.417 bits per heavy atom. The number of benzene rings is 4. The lowest BCUT2D eigenvalue weighted by atomic mass is 9.95. The minimum Gasteiger partial charge on any atom is -0.508 e. The molecule has 0 aliphatic heterocycles. The number of ketones is 4. The van der Waals surface area contributed by atoms with Crippen LogP contribution in [0.25, 0.3) is 11.1 Å². The number of Topliss-reactive ketones (excluding diaryl/α,β-unsaturated/α-hetero) is 4. The summed E-state index contributed by atoms with van der Waals surface area (Å²) in [5, 5.41) is 40.0. The first-order valence-electron chi connectivity index (χ1n) is 10.6. The van der Waals surface area contributed by atoms with Gasteiger partial charge < -0.3 is 20.4 Å². The molecule has 0 bridgehead atoms. The summed E-state index contributed by atoms with van der Waals surface area (Å²) < 4.78 is 0. The fourth-order valence-electron chi connectivity index (χ4n) is 3.62. The summed E-state index contributed by atoms with van der Waals surface area (Å²) in [6.45, 7) is 0. The standard InChI is InChI=1S/C28H18O8/c29-19-5-1-3-15(11-19)25(33)27(35)17-7-9-21(23(31)13-17)22-10-8-18(14-24(22)32)28(36)26(34)16-4-2-6-20(30)12-16/h1-14,29-32H. The number of hydrogen-bond donors (Lipinski definition) is 4. The molecule has 0 saturated carbocycles. The lowest BCUT2D eigenvalue weighted by Crippen LogP contribution is -2.14. The van der Waals surface area contributed by atoms with Gasteiger partial charge in [0, 0.05) is 33.4 Å². The van der Waals surface area contributed by atoms with E-state index in [1.54, 1.807) is 0 Å². The summed E-state index contributed by atoms with van der Waals surface area (Å²) in [6.07, 6.45) is 0. The SMILES string of the molecule is O=C(C(=O)c1ccc(-c2ccc(C(=O)C(=O)c3cccc(O)c3)cc2O)c(O)c1)c1cccc(O)c1. The van der Waals surface area contributed by atoms with Crippen molar-refractivity contribution < 1.29 is 39.6 Å². The highest BCUT2D eigenvalue weighted by Gasteiger charge is 2.23. The zero-order valence-electron chi connectivity index (χ0n) is 18.5. The van der Waals surface area contributed by atoms with Crippen molar-refractivity contribution in [1.82, 2.24) is 0 Å². The lowest BCUT2D eigenvalue weighted by molar-refractivity contribution is 0.0816. The largest absolute Gasteiger partial charge is 0.508 e. The van der Waals surface area contributed by atoms with Crippen LogP contribution in [0.2, 0.25) is 0 Å². The van der Waals surface area contributed by atoms with Gasteiger partial charge in [-0.3, -0.25) is 19.2 Å². The van der Waals surface area contributed by atoms with Crippen LogP contribution < -0.4 is 0 Å². The number of carbonyl (C=O) groups is 4. The van der Waals surface area contributed by atoms with Crippen molar-refractivity contribution in [1.29, 1.82) is 0 Å². The third kappa shape index (κ3) is 4.69. The molecule has 4 N–H and O–H groups in total. The number of hydrogen-bond acceptors (Lipinski definition) is 8. The van der Waals surface area contributed by atoms with Gasteiger partial charge >= 0.3 is 0 Å². The summed E-state index contributed by atoms with van der Waals surface area (Å²) in [5.74, 6) is -4.72. The van der Waals surface area contributed by atoms with Crippen molar-refractivity contribution in [2.75, 3.05) is 0 Å². The van der Waals surface area contributed by atoms with Crippen molar-refractivity contribution in [2.24, 2.45) is 0 Å². The molecule has 8 heteroatoms. The highest BCUT2D eigenvalue weighted by molar-refractivity contribution is 6.50. The predicted octanol–water partition coefficient (Wildman–Crippen LogP) is 4.31. The van der Waals surface area contributed by atoms with Crippen molar-refractivity contribution in [3.63, 3.8) is 0 Å². The first-order valence-corrected chi connectivity index (χ1v) is 10.6. The molecule has 0 amide bonds. The second kappa shape index (κ2) is 9.55. The molecule has 4 rings (SSSR count). The van der Waals surface area contributed by atoms with Crippen molar-refractivity contribution >= 4 is 23.1 Å². The van der Waals surface area contributed by atoms with Gasteiger partial charge in [0.1, 0.15) is 23.0 Å². The minimum atomic E-state index is -0.905. The van der Waals surface area contributed by atoms with Crippen LogP contribution in [0.3, 0.4) is 0 Å². The van der Waals surface area contributed by atoms with E-state index in [0.717, 1.165) is 24.3 Å². The van der Waals surface area contributed by atoms with Gasteiger partial charge in [0.05, 0.1) is 0 Å². The van der Waals surface area contributed by atoms with E-state index in [0.29, 0.717) is 0 Å². The average Bonchev–Trinajstić information content (AvgIpc) is 2.87. The fourth-order valence-corrected chi connectivity index (χ4v) is 3.62. The second-order valence-electron chi connectivity index (χ2n) is 7.88. The molecule has 0 radical (unpaired) electrons. The molecule has 0 heterocycles. The molecule has 0 aromatic heterocycles. The molecule has 178 valence electrons. The molecule has 0 aliphatic rings. The molecule has 0 atom stereocenters. The number of phenolic OH excluding ortho intramolecular Hbond substituents is 4. The van der Waals surface area contributed by atoms with E-state index in [1.165, 1.54) is 60.7 Å². The molecule has 36 heavy (non-hydrogen) atoms. The van der Waals surface area contributed by atoms with Gasteiger partial charge in [0.15, 0.2) is 0 Å². The maximum atomic E-state index is 12.6. The molecule has 0 unspecified atom stereocenters. The molecular formula is C28H18O8. The van der Waals surface area contributed by atoms with Crippen LogP contribution >= 0.6 is 0 Å². The number of rotatable bonds is 7. The normalized spacial score (nSPS) is 10.6. The summed E-state index contributed by atoms with van der Waals surface area (Å²) >= 11 is 0. The topological polar surface area (TPSA) is 149 Å². The van der Waals surface area contributed by atoms with Gasteiger partial charge in [-0.25, -0.2) is 0 Å². The zero-order chi connectivity index (χ0) is 26.0. The summed E-state index contributed by atoms with van der Waals surface area (Å²) in [7, 11) is 0. The Morgan fingerprint density at radius 2 is 0.750 bits per heavy atom. The molecule has 0 spiro atoms. The Morgan fingerprint density at radius 3 is 1.06 bits per heavy atom. The number of carbonyl (C=O) groups excluding carboxylic acids is 4. The minimum absolute atomic E-state index is 0.0123. The van der Waals surface area contributed by atoms with Gasteiger partial charge in [0.2, 0.25) is 23.1 Å². The van der Waals surface area contributed by atoms with Crippen LogP contribution in [-0.4, -0.2) is 43.6 Å². The van der Waals surface area contributed by atoms with Gasteiger partial charge in [-0.15, -0.1) is 0 Å². The molecule has 8 nitrogen and oxygen atoms in total. The summed E-state index contributed by atoms with van der Waals surface area (Å²) in [5.41, 5.74) is 0.00274. The summed E-state index contributed by atoms with van der Waals surface area (Å²) in [4.78, 5) is 50.0. The third-order valence-corrected chi connectivity index (χ3v) is 5.44. The monoisotopic (exact) mass is 482 g/mol. The molecule has 0 saturated heterocycles. The Hall–Kier alpha value is -5.24. The Kier molecular flexibility index (Phi) is 6.34. The van der Waals surface area contributed by atoms with Crippen LogP contribution in [0.4, 0.5) is 0 Å². The maximum Gasteiger partial charge on any atom is 0.233 e. The van der Waals surface area contributed by atoms with E-state index in [4.69, 9.17) is 0 Å². The molecule has 4 aromatic rings. The van der Waals surface area contributed by atoms with E-state index in [-0.39, 0.29) is 44.9 Å². The smallest absolute Gasteiger partial charge is 0.233 e. The lowest BCUT2D eigenvalue weighted by Gasteiger charge is -2.10. The van der Waals surface area contributed by atoms with Crippen molar-refractivity contribution in [2.45, 2.75) is 0 Å². The van der Waals surface area contributed by atoms with E-state index >= 15 is 0 Å². The van der Waals surface area contributed by atoms with E-state index in [2.05, 4.69) is 0 Å². The van der Waals surface area contributed by atoms with Crippen LogP contribution in [0.15, 0.2) is 84.9 Å². The van der Waals surface area contributed by atoms with Gasteiger partial charge in [-0.1, -0.05) is 36.4 Å². The van der Waals surface area contributed by atoms with Gasteiger partial charge in [-0.05, 0) is 48.5 Å². The average molecular weight is 482 g/mol. The third-order valence-electron chi connectivity index (χ3n) is 5.44. The van der Waals surface area contributed by atoms with Crippen LogP contribution in [0.5, 0.6) is 23.0 Å². The zero-order valence-corrected chi connectivity index (χ0v) is 18.5. The summed E-state index contributed by atoms with van der Waals surface area (Å²) in [6, 6.07) is 18.0. The Balaban J connectivity index is 1.59. The van der Waals surface area contributed by atoms with Gasteiger partial charge in [0.25, 0.3) is 0 Å². The first-order chi connectivity index (χ1) is 17.2. The van der Waals surface area contributed by atoms with E-state index in [1.807, 2.05) is 0 Å².